The fourth-order valence-electron chi connectivity index (χ4n) is 1.88. The Labute approximate surface area is 111 Å². The largest absolute Gasteiger partial charge is 0.494 e. The van der Waals surface area contributed by atoms with E-state index in [1.165, 1.54) is 0 Å². The average molecular weight is 273 g/mol. The molecule has 5 heteroatoms. The summed E-state index contributed by atoms with van der Waals surface area (Å²) < 4.78 is 43.6. The van der Waals surface area contributed by atoms with Gasteiger partial charge in [0.05, 0.1) is 6.61 Å². The monoisotopic (exact) mass is 273 g/mol. The summed E-state index contributed by atoms with van der Waals surface area (Å²) in [7, 11) is 0. The molecule has 0 spiro atoms. The van der Waals surface area contributed by atoms with Crippen LogP contribution in [0.2, 0.25) is 0 Å². The molecule has 0 radical (unpaired) electrons. The van der Waals surface area contributed by atoms with Crippen LogP contribution in [-0.2, 0) is 6.54 Å². The Bertz CT molecular complexity index is 410. The second kappa shape index (κ2) is 5.41. The van der Waals surface area contributed by atoms with Gasteiger partial charge in [0, 0.05) is 6.54 Å². The fourth-order valence-corrected chi connectivity index (χ4v) is 1.88. The van der Waals surface area contributed by atoms with Crippen LogP contribution in [0.1, 0.15) is 31.7 Å². The molecule has 106 valence electrons. The molecular weight excluding hydrogens is 255 g/mol. The zero-order valence-electron chi connectivity index (χ0n) is 10.9. The van der Waals surface area contributed by atoms with Gasteiger partial charge in [-0.2, -0.15) is 13.2 Å². The van der Waals surface area contributed by atoms with Crippen LogP contribution in [0.4, 0.5) is 13.2 Å². The van der Waals surface area contributed by atoms with Crippen LogP contribution in [0.3, 0.4) is 0 Å². The summed E-state index contributed by atoms with van der Waals surface area (Å²) in [6.45, 7) is 2.90. The van der Waals surface area contributed by atoms with Gasteiger partial charge in [0.1, 0.15) is 11.3 Å². The Morgan fingerprint density at radius 3 is 2.32 bits per heavy atom. The molecule has 0 amide bonds. The standard InChI is InChI=1S/C14H18F3NO/c1-2-9-19-12-5-3-11(4-6-12)10-18-13(7-8-13)14(15,16)17/h3-6,18H,2,7-10H2,1H3. The van der Waals surface area contributed by atoms with Gasteiger partial charge in [0.25, 0.3) is 0 Å². The summed E-state index contributed by atoms with van der Waals surface area (Å²) in [6, 6.07) is 7.18. The topological polar surface area (TPSA) is 21.3 Å². The summed E-state index contributed by atoms with van der Waals surface area (Å²) in [4.78, 5) is 0. The quantitative estimate of drug-likeness (QED) is 0.854. The Morgan fingerprint density at radius 1 is 1.21 bits per heavy atom. The second-order valence-corrected chi connectivity index (χ2v) is 4.93. The predicted octanol–water partition coefficient (Wildman–Crippen LogP) is 3.66. The van der Waals surface area contributed by atoms with Crippen molar-refractivity contribution in [1.82, 2.24) is 5.32 Å². The van der Waals surface area contributed by atoms with E-state index in [1.807, 2.05) is 6.92 Å². The van der Waals surface area contributed by atoms with Crippen LogP contribution in [0.25, 0.3) is 0 Å². The molecule has 0 aromatic heterocycles. The minimum atomic E-state index is -4.16. The molecule has 1 aromatic carbocycles. The predicted molar refractivity (Wildman–Crippen MR) is 67.1 cm³/mol. The maximum Gasteiger partial charge on any atom is 0.406 e. The fraction of sp³-hybridized carbons (Fsp3) is 0.571. The molecule has 19 heavy (non-hydrogen) atoms. The molecule has 2 rings (SSSR count). The highest BCUT2D eigenvalue weighted by molar-refractivity contribution is 5.27. The normalized spacial score (nSPS) is 17.3. The molecule has 1 aromatic rings. The lowest BCUT2D eigenvalue weighted by Gasteiger charge is -2.20. The maximum atomic E-state index is 12.7. The van der Waals surface area contributed by atoms with E-state index in [0.29, 0.717) is 6.61 Å². The Balaban J connectivity index is 1.87. The number of halogens is 3. The molecule has 1 fully saturated rings. The molecule has 1 saturated carbocycles. The minimum Gasteiger partial charge on any atom is -0.494 e. The average Bonchev–Trinajstić information content (AvgIpc) is 3.16. The summed E-state index contributed by atoms with van der Waals surface area (Å²) in [5.74, 6) is 0.752. The van der Waals surface area contributed by atoms with Gasteiger partial charge in [-0.15, -0.1) is 0 Å². The van der Waals surface area contributed by atoms with Crippen molar-refractivity contribution in [3.8, 4) is 5.75 Å². The number of hydrogen-bond donors (Lipinski definition) is 1. The van der Waals surface area contributed by atoms with Crippen molar-refractivity contribution in [2.45, 2.75) is 44.4 Å². The molecule has 0 atom stereocenters. The third-order valence-corrected chi connectivity index (χ3v) is 3.32. The van der Waals surface area contributed by atoms with Gasteiger partial charge in [0.15, 0.2) is 0 Å². The van der Waals surface area contributed by atoms with Crippen LogP contribution >= 0.6 is 0 Å². The van der Waals surface area contributed by atoms with E-state index in [4.69, 9.17) is 4.74 Å². The van der Waals surface area contributed by atoms with Gasteiger partial charge in [-0.05, 0) is 37.0 Å². The molecule has 1 N–H and O–H groups in total. The Kier molecular flexibility index (Phi) is 4.04. The van der Waals surface area contributed by atoms with Gasteiger partial charge < -0.3 is 4.74 Å². The summed E-state index contributed by atoms with van der Waals surface area (Å²) >= 11 is 0. The van der Waals surface area contributed by atoms with Crippen molar-refractivity contribution in [1.29, 1.82) is 0 Å². The maximum absolute atomic E-state index is 12.7. The molecule has 0 unspecified atom stereocenters. The van der Waals surface area contributed by atoms with Crippen molar-refractivity contribution >= 4 is 0 Å². The minimum absolute atomic E-state index is 0.175. The van der Waals surface area contributed by atoms with Gasteiger partial charge in [-0.25, -0.2) is 0 Å². The third kappa shape index (κ3) is 3.41. The number of benzene rings is 1. The molecule has 2 nitrogen and oxygen atoms in total. The van der Waals surface area contributed by atoms with E-state index in [9.17, 15) is 13.2 Å². The lowest BCUT2D eigenvalue weighted by atomic mass is 10.2. The van der Waals surface area contributed by atoms with Gasteiger partial charge in [0.2, 0.25) is 0 Å². The van der Waals surface area contributed by atoms with Crippen LogP contribution in [0.15, 0.2) is 24.3 Å². The first kappa shape index (κ1) is 14.2. The molecular formula is C14H18F3NO. The lowest BCUT2D eigenvalue weighted by Crippen LogP contribution is -2.44. The van der Waals surface area contributed by atoms with Crippen molar-refractivity contribution in [2.24, 2.45) is 0 Å². The highest BCUT2D eigenvalue weighted by Crippen LogP contribution is 2.49. The van der Waals surface area contributed by atoms with E-state index < -0.39 is 11.7 Å². The van der Waals surface area contributed by atoms with Crippen molar-refractivity contribution in [3.63, 3.8) is 0 Å². The Hall–Kier alpha value is -1.23. The van der Waals surface area contributed by atoms with Crippen LogP contribution in [0.5, 0.6) is 5.75 Å². The number of rotatable bonds is 6. The zero-order chi connectivity index (χ0) is 13.9. The van der Waals surface area contributed by atoms with E-state index in [-0.39, 0.29) is 19.4 Å². The van der Waals surface area contributed by atoms with Crippen LogP contribution in [-0.4, -0.2) is 18.3 Å². The summed E-state index contributed by atoms with van der Waals surface area (Å²) in [5.41, 5.74) is -0.816. The third-order valence-electron chi connectivity index (χ3n) is 3.32. The highest BCUT2D eigenvalue weighted by Gasteiger charge is 2.62. The highest BCUT2D eigenvalue weighted by atomic mass is 19.4. The van der Waals surface area contributed by atoms with E-state index in [1.54, 1.807) is 24.3 Å². The first-order valence-electron chi connectivity index (χ1n) is 6.50. The molecule has 1 aliphatic carbocycles. The van der Waals surface area contributed by atoms with Gasteiger partial charge in [-0.3, -0.25) is 5.32 Å². The summed E-state index contributed by atoms with van der Waals surface area (Å²) in [5, 5.41) is 2.62. The van der Waals surface area contributed by atoms with Crippen molar-refractivity contribution < 1.29 is 17.9 Å². The first-order chi connectivity index (χ1) is 8.97. The van der Waals surface area contributed by atoms with Crippen molar-refractivity contribution in [3.05, 3.63) is 29.8 Å². The van der Waals surface area contributed by atoms with Gasteiger partial charge >= 0.3 is 6.18 Å². The number of nitrogens with one attached hydrogen (secondary N) is 1. The smallest absolute Gasteiger partial charge is 0.406 e. The van der Waals surface area contributed by atoms with Crippen LogP contribution in [0, 0.1) is 0 Å². The summed E-state index contributed by atoms with van der Waals surface area (Å²) in [6.07, 6.45) is -2.88. The van der Waals surface area contributed by atoms with E-state index in [0.717, 1.165) is 17.7 Å². The molecule has 1 aliphatic rings. The number of ether oxygens (including phenoxy) is 1. The SMILES string of the molecule is CCCOc1ccc(CNC2(C(F)(F)F)CC2)cc1. The molecule has 0 saturated heterocycles. The number of alkyl halides is 3. The zero-order valence-corrected chi connectivity index (χ0v) is 10.9. The van der Waals surface area contributed by atoms with Gasteiger partial charge in [-0.1, -0.05) is 19.1 Å². The lowest BCUT2D eigenvalue weighted by molar-refractivity contribution is -0.166. The second-order valence-electron chi connectivity index (χ2n) is 4.93. The van der Waals surface area contributed by atoms with E-state index >= 15 is 0 Å². The first-order valence-corrected chi connectivity index (χ1v) is 6.50. The van der Waals surface area contributed by atoms with Crippen LogP contribution < -0.4 is 10.1 Å². The molecule has 0 heterocycles. The Morgan fingerprint density at radius 2 is 1.84 bits per heavy atom. The van der Waals surface area contributed by atoms with E-state index in [2.05, 4.69) is 5.32 Å². The van der Waals surface area contributed by atoms with Crippen molar-refractivity contribution in [2.75, 3.05) is 6.61 Å². The molecule has 0 aliphatic heterocycles. The molecule has 0 bridgehead atoms. The number of hydrogen-bond acceptors (Lipinski definition) is 2.